The second-order valence-corrected chi connectivity index (χ2v) is 5.25. The molecule has 0 radical (unpaired) electrons. The van der Waals surface area contributed by atoms with E-state index in [0.717, 1.165) is 25.1 Å². The highest BCUT2D eigenvalue weighted by Gasteiger charge is 2.51. The smallest absolute Gasteiger partial charge is 0.329 e. The molecule has 0 spiro atoms. The average molecular weight is 260 g/mol. The first-order valence-corrected chi connectivity index (χ1v) is 6.49. The van der Waals surface area contributed by atoms with Gasteiger partial charge in [-0.3, -0.25) is 4.79 Å². The van der Waals surface area contributed by atoms with E-state index < -0.39 is 11.5 Å². The van der Waals surface area contributed by atoms with Gasteiger partial charge in [-0.15, -0.1) is 0 Å². The number of amides is 1. The first-order chi connectivity index (χ1) is 9.11. The zero-order chi connectivity index (χ0) is 13.5. The summed E-state index contributed by atoms with van der Waals surface area (Å²) in [6, 6.07) is 5.59. The van der Waals surface area contributed by atoms with E-state index in [4.69, 9.17) is 5.11 Å². The van der Waals surface area contributed by atoms with Crippen molar-refractivity contribution in [3.05, 3.63) is 34.9 Å². The van der Waals surface area contributed by atoms with E-state index in [0.29, 0.717) is 18.4 Å². The normalized spacial score (nSPS) is 19.4. The van der Waals surface area contributed by atoms with Gasteiger partial charge in [0.05, 0.1) is 0 Å². The van der Waals surface area contributed by atoms with E-state index in [9.17, 15) is 9.59 Å². The van der Waals surface area contributed by atoms with Crippen molar-refractivity contribution in [1.29, 1.82) is 0 Å². The Morgan fingerprint density at radius 1 is 1.26 bits per heavy atom. The molecule has 0 aromatic heterocycles. The molecule has 1 fully saturated rings. The van der Waals surface area contributed by atoms with Gasteiger partial charge < -0.3 is 15.7 Å². The maximum absolute atomic E-state index is 12.1. The van der Waals surface area contributed by atoms with Gasteiger partial charge in [-0.1, -0.05) is 6.07 Å². The molecule has 5 nitrogen and oxygen atoms in total. The van der Waals surface area contributed by atoms with Gasteiger partial charge in [0.15, 0.2) is 0 Å². The maximum Gasteiger partial charge on any atom is 0.329 e. The van der Waals surface area contributed by atoms with E-state index in [1.807, 2.05) is 12.1 Å². The van der Waals surface area contributed by atoms with E-state index in [-0.39, 0.29) is 5.91 Å². The molecule has 100 valence electrons. The fraction of sp³-hybridized carbons (Fsp3) is 0.429. The van der Waals surface area contributed by atoms with E-state index in [1.54, 1.807) is 6.07 Å². The summed E-state index contributed by atoms with van der Waals surface area (Å²) in [5, 5.41) is 15.0. The molecule has 0 saturated heterocycles. The Morgan fingerprint density at radius 2 is 2.05 bits per heavy atom. The van der Waals surface area contributed by atoms with Crippen LogP contribution in [0.4, 0.5) is 0 Å². The SMILES string of the molecule is O=C(NC1(C(=O)O)CC1)c1ccc2c(c1)CNCC2. The van der Waals surface area contributed by atoms with Gasteiger partial charge in [-0.2, -0.15) is 0 Å². The van der Waals surface area contributed by atoms with Crippen molar-refractivity contribution >= 4 is 11.9 Å². The molecule has 3 N–H and O–H groups in total. The highest BCUT2D eigenvalue weighted by molar-refractivity contribution is 5.99. The molecule has 1 aliphatic carbocycles. The summed E-state index contributed by atoms with van der Waals surface area (Å²) >= 11 is 0. The number of hydrogen-bond donors (Lipinski definition) is 3. The number of carboxylic acid groups (broad SMARTS) is 1. The molecule has 0 bridgehead atoms. The lowest BCUT2D eigenvalue weighted by Gasteiger charge is -2.18. The Balaban J connectivity index is 1.79. The molecule has 0 atom stereocenters. The molecule has 0 unspecified atom stereocenters. The third-order valence-corrected chi connectivity index (χ3v) is 3.87. The number of carboxylic acids is 1. The molecule has 19 heavy (non-hydrogen) atoms. The van der Waals surface area contributed by atoms with Gasteiger partial charge in [0.25, 0.3) is 5.91 Å². The zero-order valence-electron chi connectivity index (χ0n) is 10.5. The summed E-state index contributed by atoms with van der Waals surface area (Å²) in [5.41, 5.74) is 1.90. The van der Waals surface area contributed by atoms with Gasteiger partial charge in [-0.25, -0.2) is 4.79 Å². The van der Waals surface area contributed by atoms with Crippen molar-refractivity contribution in [2.45, 2.75) is 31.3 Å². The Labute approximate surface area is 111 Å². The molecule has 5 heteroatoms. The number of nitrogens with one attached hydrogen (secondary N) is 2. The quantitative estimate of drug-likeness (QED) is 0.746. The van der Waals surface area contributed by atoms with Crippen molar-refractivity contribution < 1.29 is 14.7 Å². The fourth-order valence-electron chi connectivity index (χ4n) is 2.43. The number of carbonyl (C=O) groups is 2. The summed E-state index contributed by atoms with van der Waals surface area (Å²) in [6.45, 7) is 1.72. The molecule has 1 aromatic carbocycles. The van der Waals surface area contributed by atoms with Crippen molar-refractivity contribution in [3.63, 3.8) is 0 Å². The second-order valence-electron chi connectivity index (χ2n) is 5.25. The summed E-state index contributed by atoms with van der Waals surface area (Å²) in [5.74, 6) is -1.24. The van der Waals surface area contributed by atoms with Crippen LogP contribution in [0.25, 0.3) is 0 Å². The van der Waals surface area contributed by atoms with E-state index in [1.165, 1.54) is 5.56 Å². The van der Waals surface area contributed by atoms with Crippen molar-refractivity contribution in [1.82, 2.24) is 10.6 Å². The highest BCUT2D eigenvalue weighted by Crippen LogP contribution is 2.35. The molecule has 2 aliphatic rings. The lowest BCUT2D eigenvalue weighted by molar-refractivity contribution is -0.140. The Hall–Kier alpha value is -1.88. The number of carbonyl (C=O) groups excluding carboxylic acids is 1. The minimum atomic E-state index is -1.02. The number of hydrogen-bond acceptors (Lipinski definition) is 3. The first-order valence-electron chi connectivity index (χ1n) is 6.49. The van der Waals surface area contributed by atoms with E-state index >= 15 is 0 Å². The fourth-order valence-corrected chi connectivity index (χ4v) is 2.43. The van der Waals surface area contributed by atoms with Crippen LogP contribution in [0.1, 0.15) is 34.3 Å². The standard InChI is InChI=1S/C14H16N2O3/c17-12(16-14(4-5-14)13(18)19)10-2-1-9-3-6-15-8-11(9)7-10/h1-2,7,15H,3-6,8H2,(H,16,17)(H,18,19). The molecule has 3 rings (SSSR count). The summed E-state index contributed by atoms with van der Waals surface area (Å²) in [7, 11) is 0. The van der Waals surface area contributed by atoms with Crippen molar-refractivity contribution in [3.8, 4) is 0 Å². The summed E-state index contributed by atoms with van der Waals surface area (Å²) < 4.78 is 0. The average Bonchev–Trinajstić information content (AvgIpc) is 3.19. The Bertz CT molecular complexity index is 550. The minimum Gasteiger partial charge on any atom is -0.480 e. The minimum absolute atomic E-state index is 0.298. The van der Waals surface area contributed by atoms with Crippen LogP contribution in [-0.2, 0) is 17.8 Å². The molecule has 1 amide bonds. The largest absolute Gasteiger partial charge is 0.480 e. The molecular weight excluding hydrogens is 244 g/mol. The summed E-state index contributed by atoms with van der Waals surface area (Å²) in [6.07, 6.45) is 2.00. The molecule has 1 aromatic rings. The predicted octanol–water partition coefficient (Wildman–Crippen LogP) is 0.679. The Kier molecular flexibility index (Phi) is 2.78. The third-order valence-electron chi connectivity index (χ3n) is 3.87. The lowest BCUT2D eigenvalue weighted by Crippen LogP contribution is -2.43. The highest BCUT2D eigenvalue weighted by atomic mass is 16.4. The number of fused-ring (bicyclic) bond motifs is 1. The second kappa shape index (κ2) is 4.35. The first kappa shape index (κ1) is 12.2. The van der Waals surface area contributed by atoms with Crippen LogP contribution in [0.3, 0.4) is 0 Å². The van der Waals surface area contributed by atoms with Crippen LogP contribution in [0.5, 0.6) is 0 Å². The molecular formula is C14H16N2O3. The van der Waals surface area contributed by atoms with Crippen LogP contribution in [0, 0.1) is 0 Å². The number of aliphatic carboxylic acids is 1. The molecule has 1 saturated carbocycles. The van der Waals surface area contributed by atoms with Crippen LogP contribution in [0.2, 0.25) is 0 Å². The van der Waals surface area contributed by atoms with Crippen LogP contribution in [0.15, 0.2) is 18.2 Å². The van der Waals surface area contributed by atoms with Gasteiger partial charge >= 0.3 is 5.97 Å². The topological polar surface area (TPSA) is 78.4 Å². The van der Waals surface area contributed by atoms with Gasteiger partial charge in [0.1, 0.15) is 5.54 Å². The van der Waals surface area contributed by atoms with Crippen molar-refractivity contribution in [2.24, 2.45) is 0 Å². The van der Waals surface area contributed by atoms with Gasteiger partial charge in [0.2, 0.25) is 0 Å². The maximum atomic E-state index is 12.1. The number of benzene rings is 1. The molecule has 1 aliphatic heterocycles. The Morgan fingerprint density at radius 3 is 2.74 bits per heavy atom. The predicted molar refractivity (Wildman–Crippen MR) is 68.9 cm³/mol. The summed E-state index contributed by atoms with van der Waals surface area (Å²) in [4.78, 5) is 23.2. The monoisotopic (exact) mass is 260 g/mol. The van der Waals surface area contributed by atoms with Crippen LogP contribution < -0.4 is 10.6 Å². The zero-order valence-corrected chi connectivity index (χ0v) is 10.5. The molecule has 1 heterocycles. The lowest BCUT2D eigenvalue weighted by atomic mass is 9.98. The third kappa shape index (κ3) is 2.21. The van der Waals surface area contributed by atoms with Gasteiger partial charge in [-0.05, 0) is 49.1 Å². The van der Waals surface area contributed by atoms with Crippen LogP contribution >= 0.6 is 0 Å². The van der Waals surface area contributed by atoms with Gasteiger partial charge in [0, 0.05) is 12.1 Å². The number of rotatable bonds is 3. The van der Waals surface area contributed by atoms with Crippen LogP contribution in [-0.4, -0.2) is 29.1 Å². The van der Waals surface area contributed by atoms with Crippen molar-refractivity contribution in [2.75, 3.05) is 6.54 Å². The van der Waals surface area contributed by atoms with E-state index in [2.05, 4.69) is 10.6 Å².